The van der Waals surface area contributed by atoms with Gasteiger partial charge >= 0.3 is 0 Å². The molecule has 0 aliphatic carbocycles. The van der Waals surface area contributed by atoms with Crippen LogP contribution in [0.1, 0.15) is 35.6 Å². The molecule has 0 saturated carbocycles. The molecule has 6 heteroatoms. The van der Waals surface area contributed by atoms with Gasteiger partial charge in [-0.25, -0.2) is 4.98 Å². The first-order valence-electron chi connectivity index (χ1n) is 10.0. The van der Waals surface area contributed by atoms with Crippen molar-refractivity contribution in [1.29, 1.82) is 0 Å². The van der Waals surface area contributed by atoms with E-state index in [1.54, 1.807) is 6.20 Å². The van der Waals surface area contributed by atoms with Crippen LogP contribution in [0.25, 0.3) is 22.3 Å². The van der Waals surface area contributed by atoms with Crippen molar-refractivity contribution < 1.29 is 0 Å². The zero-order chi connectivity index (χ0) is 19.1. The van der Waals surface area contributed by atoms with Crippen LogP contribution in [0.3, 0.4) is 0 Å². The molecule has 0 amide bonds. The highest BCUT2D eigenvalue weighted by Crippen LogP contribution is 2.36. The molecule has 5 rings (SSSR count). The lowest BCUT2D eigenvalue weighted by Crippen LogP contribution is -2.29. The minimum atomic E-state index is 0.454. The van der Waals surface area contributed by atoms with Gasteiger partial charge in [0, 0.05) is 48.2 Å². The van der Waals surface area contributed by atoms with Crippen LogP contribution in [0.15, 0.2) is 36.8 Å². The summed E-state index contributed by atoms with van der Waals surface area (Å²) in [5, 5.41) is 10.6. The monoisotopic (exact) mass is 374 g/mol. The number of aromatic nitrogens is 3. The summed E-state index contributed by atoms with van der Waals surface area (Å²) < 4.78 is 0. The second kappa shape index (κ2) is 7.04. The minimum absolute atomic E-state index is 0.454. The molecule has 2 aliphatic heterocycles. The third kappa shape index (κ3) is 3.08. The molecule has 0 spiro atoms. The predicted molar refractivity (Wildman–Crippen MR) is 112 cm³/mol. The Morgan fingerprint density at radius 3 is 2.86 bits per heavy atom. The lowest BCUT2D eigenvalue weighted by molar-refractivity contribution is 0.310. The number of anilines is 1. The predicted octanol–water partition coefficient (Wildman–Crippen LogP) is 3.13. The molecule has 4 heterocycles. The van der Waals surface area contributed by atoms with Gasteiger partial charge in [-0.2, -0.15) is 5.10 Å². The summed E-state index contributed by atoms with van der Waals surface area (Å²) in [5.41, 5.74) is 14.8. The Bertz CT molecular complexity index is 989. The number of rotatable bonds is 3. The number of benzene rings is 1. The number of hydrogen-bond donors (Lipinski definition) is 3. The molecule has 1 aromatic carbocycles. The normalized spacial score (nSPS) is 19.7. The maximum atomic E-state index is 6.15. The molecule has 3 aromatic rings. The highest BCUT2D eigenvalue weighted by atomic mass is 15.1. The SMILES string of the molecule is CN1CCc2cc(-c3cnc(N)c(-c4cn[nH]c4)c3)cc(C3CCCN3)c2C1. The zero-order valence-corrected chi connectivity index (χ0v) is 16.2. The lowest BCUT2D eigenvalue weighted by Gasteiger charge is -2.30. The Hall–Kier alpha value is -2.70. The average molecular weight is 374 g/mol. The fraction of sp³-hybridized carbons (Fsp3) is 0.364. The van der Waals surface area contributed by atoms with Crippen LogP contribution < -0.4 is 11.1 Å². The summed E-state index contributed by atoms with van der Waals surface area (Å²) in [7, 11) is 2.21. The molecular weight excluding hydrogens is 348 g/mol. The smallest absolute Gasteiger partial charge is 0.131 e. The summed E-state index contributed by atoms with van der Waals surface area (Å²) >= 11 is 0. The molecule has 28 heavy (non-hydrogen) atoms. The molecule has 4 N–H and O–H groups in total. The average Bonchev–Trinajstić information content (AvgIpc) is 3.42. The Morgan fingerprint density at radius 2 is 2.07 bits per heavy atom. The summed E-state index contributed by atoms with van der Waals surface area (Å²) in [6.07, 6.45) is 9.08. The summed E-state index contributed by atoms with van der Waals surface area (Å²) in [6.45, 7) is 3.24. The number of hydrogen-bond acceptors (Lipinski definition) is 5. The Balaban J connectivity index is 1.63. The molecule has 1 unspecified atom stereocenters. The molecule has 0 radical (unpaired) electrons. The van der Waals surface area contributed by atoms with Gasteiger partial charge in [-0.15, -0.1) is 0 Å². The van der Waals surface area contributed by atoms with Crippen molar-refractivity contribution in [3.8, 4) is 22.3 Å². The number of nitrogens with one attached hydrogen (secondary N) is 2. The van der Waals surface area contributed by atoms with Crippen molar-refractivity contribution >= 4 is 5.82 Å². The van der Waals surface area contributed by atoms with Gasteiger partial charge in [0.05, 0.1) is 6.20 Å². The van der Waals surface area contributed by atoms with Crippen molar-refractivity contribution in [3.05, 3.63) is 53.5 Å². The number of pyridine rings is 1. The van der Waals surface area contributed by atoms with Crippen molar-refractivity contribution in [2.24, 2.45) is 0 Å². The molecular formula is C22H26N6. The highest BCUT2D eigenvalue weighted by Gasteiger charge is 2.25. The molecule has 1 fully saturated rings. The van der Waals surface area contributed by atoms with E-state index < -0.39 is 0 Å². The van der Waals surface area contributed by atoms with Gasteiger partial charge < -0.3 is 16.0 Å². The Morgan fingerprint density at radius 1 is 1.14 bits per heavy atom. The van der Waals surface area contributed by atoms with Crippen molar-refractivity contribution in [2.45, 2.75) is 31.8 Å². The first-order chi connectivity index (χ1) is 13.7. The van der Waals surface area contributed by atoms with Crippen molar-refractivity contribution in [1.82, 2.24) is 25.4 Å². The van der Waals surface area contributed by atoms with E-state index in [-0.39, 0.29) is 0 Å². The molecule has 1 saturated heterocycles. The lowest BCUT2D eigenvalue weighted by atomic mass is 9.87. The van der Waals surface area contributed by atoms with Crippen LogP contribution in [0.4, 0.5) is 5.82 Å². The quantitative estimate of drug-likeness (QED) is 0.656. The van der Waals surface area contributed by atoms with Crippen LogP contribution in [0, 0.1) is 0 Å². The first-order valence-corrected chi connectivity index (χ1v) is 10.0. The molecule has 6 nitrogen and oxygen atoms in total. The molecule has 2 aliphatic rings. The fourth-order valence-electron chi connectivity index (χ4n) is 4.52. The van der Waals surface area contributed by atoms with Crippen LogP contribution in [-0.2, 0) is 13.0 Å². The fourth-order valence-corrected chi connectivity index (χ4v) is 4.52. The highest BCUT2D eigenvalue weighted by molar-refractivity contribution is 5.79. The van der Waals surface area contributed by atoms with Gasteiger partial charge in [-0.1, -0.05) is 6.07 Å². The summed E-state index contributed by atoms with van der Waals surface area (Å²) in [4.78, 5) is 6.89. The summed E-state index contributed by atoms with van der Waals surface area (Å²) in [5.74, 6) is 0.530. The van der Waals surface area contributed by atoms with E-state index in [1.807, 2.05) is 12.4 Å². The van der Waals surface area contributed by atoms with Crippen LogP contribution in [0.5, 0.6) is 0 Å². The van der Waals surface area contributed by atoms with E-state index in [4.69, 9.17) is 5.73 Å². The Labute approximate surface area is 165 Å². The van der Waals surface area contributed by atoms with E-state index in [1.165, 1.54) is 35.1 Å². The number of nitrogens with two attached hydrogens (primary N) is 1. The van der Waals surface area contributed by atoms with E-state index in [9.17, 15) is 0 Å². The van der Waals surface area contributed by atoms with Crippen molar-refractivity contribution in [2.75, 3.05) is 25.9 Å². The standard InChI is InChI=1S/C22H26N6/c1-28-6-4-14-7-15(8-19(20(14)13-28)21-3-2-5-24-21)16-9-18(22(23)25-10-16)17-11-26-27-12-17/h7-12,21,24H,2-6,13H2,1H3,(H2,23,25)(H,26,27). The molecule has 1 atom stereocenters. The third-order valence-corrected chi connectivity index (χ3v) is 6.06. The number of nitrogens with zero attached hydrogens (tertiary/aromatic N) is 3. The van der Waals surface area contributed by atoms with Gasteiger partial charge in [0.2, 0.25) is 0 Å². The van der Waals surface area contributed by atoms with E-state index in [2.05, 4.69) is 50.6 Å². The van der Waals surface area contributed by atoms with Crippen LogP contribution >= 0.6 is 0 Å². The largest absolute Gasteiger partial charge is 0.383 e. The second-order valence-electron chi connectivity index (χ2n) is 7.98. The molecule has 144 valence electrons. The van der Waals surface area contributed by atoms with Gasteiger partial charge in [-0.05, 0) is 67.2 Å². The number of aromatic amines is 1. The van der Waals surface area contributed by atoms with Gasteiger partial charge in [-0.3, -0.25) is 5.10 Å². The number of likely N-dealkylation sites (N-methyl/N-ethyl adjacent to an activating group) is 1. The second-order valence-corrected chi connectivity index (χ2v) is 7.98. The number of H-pyrrole nitrogens is 1. The van der Waals surface area contributed by atoms with Crippen molar-refractivity contribution in [3.63, 3.8) is 0 Å². The third-order valence-electron chi connectivity index (χ3n) is 6.06. The first kappa shape index (κ1) is 17.4. The van der Waals surface area contributed by atoms with E-state index in [0.717, 1.165) is 42.7 Å². The number of nitrogen functional groups attached to an aromatic ring is 1. The zero-order valence-electron chi connectivity index (χ0n) is 16.2. The molecule has 2 aromatic heterocycles. The van der Waals surface area contributed by atoms with Crippen LogP contribution in [0.2, 0.25) is 0 Å². The maximum Gasteiger partial charge on any atom is 0.131 e. The topological polar surface area (TPSA) is 82.9 Å². The van der Waals surface area contributed by atoms with Gasteiger partial charge in [0.25, 0.3) is 0 Å². The summed E-state index contributed by atoms with van der Waals surface area (Å²) in [6, 6.07) is 7.31. The molecule has 0 bridgehead atoms. The van der Waals surface area contributed by atoms with E-state index in [0.29, 0.717) is 11.9 Å². The minimum Gasteiger partial charge on any atom is -0.383 e. The Kier molecular flexibility index (Phi) is 4.37. The maximum absolute atomic E-state index is 6.15. The van der Waals surface area contributed by atoms with Crippen LogP contribution in [-0.4, -0.2) is 40.2 Å². The van der Waals surface area contributed by atoms with Gasteiger partial charge in [0.1, 0.15) is 5.82 Å². The van der Waals surface area contributed by atoms with Gasteiger partial charge in [0.15, 0.2) is 0 Å². The number of fused-ring (bicyclic) bond motifs is 1. The van der Waals surface area contributed by atoms with E-state index >= 15 is 0 Å².